The number of amides is 1. The molecule has 1 saturated heterocycles. The van der Waals surface area contributed by atoms with Crippen LogP contribution in [-0.2, 0) is 4.74 Å². The Balaban J connectivity index is 0.00000196. The lowest BCUT2D eigenvalue weighted by atomic mass is 10.0. The molecule has 142 valence electrons. The van der Waals surface area contributed by atoms with Crippen LogP contribution in [0.5, 0.6) is 0 Å². The lowest BCUT2D eigenvalue weighted by Crippen LogP contribution is -2.29. The van der Waals surface area contributed by atoms with Crippen LogP contribution >= 0.6 is 35.1 Å². The molecular formula is C17H23ClN4O2S2. The van der Waals surface area contributed by atoms with Crippen LogP contribution in [0.4, 0.5) is 5.13 Å². The molecule has 2 atom stereocenters. The molecule has 2 N–H and O–H groups in total. The van der Waals surface area contributed by atoms with Gasteiger partial charge in [0.1, 0.15) is 5.01 Å². The van der Waals surface area contributed by atoms with Gasteiger partial charge < -0.3 is 10.1 Å². The number of hydrogen-bond donors (Lipinski definition) is 2. The van der Waals surface area contributed by atoms with Gasteiger partial charge in [0.25, 0.3) is 5.91 Å². The molecule has 4 rings (SSSR count). The summed E-state index contributed by atoms with van der Waals surface area (Å²) in [7, 11) is 0. The molecule has 0 aromatic carbocycles. The fraction of sp³-hybridized carbons (Fsp3) is 0.588. The summed E-state index contributed by atoms with van der Waals surface area (Å²) in [5.74, 6) is 1.19. The fourth-order valence-electron chi connectivity index (χ4n) is 3.23. The van der Waals surface area contributed by atoms with Gasteiger partial charge in [0, 0.05) is 25.2 Å². The van der Waals surface area contributed by atoms with Crippen molar-refractivity contribution in [2.75, 3.05) is 25.1 Å². The quantitative estimate of drug-likeness (QED) is 0.757. The van der Waals surface area contributed by atoms with Crippen LogP contribution < -0.4 is 10.6 Å². The molecule has 1 saturated carbocycles. The Labute approximate surface area is 167 Å². The number of halogens is 1. The first-order chi connectivity index (χ1) is 12.2. The highest BCUT2D eigenvalue weighted by molar-refractivity contribution is 7.15. The molecule has 3 heterocycles. The van der Waals surface area contributed by atoms with Crippen molar-refractivity contribution in [2.24, 2.45) is 5.92 Å². The number of thiophene rings is 1. The molecule has 1 aliphatic carbocycles. The monoisotopic (exact) mass is 414 g/mol. The molecule has 1 aliphatic heterocycles. The lowest BCUT2D eigenvalue weighted by molar-refractivity contribution is 0.0662. The summed E-state index contributed by atoms with van der Waals surface area (Å²) in [6.07, 6.45) is 3.49. The van der Waals surface area contributed by atoms with Gasteiger partial charge in [-0.25, -0.2) is 0 Å². The number of ether oxygens (including phenoxy) is 1. The maximum atomic E-state index is 12.3. The van der Waals surface area contributed by atoms with Crippen molar-refractivity contribution in [2.45, 2.75) is 38.1 Å². The number of anilines is 1. The number of aromatic nitrogens is 2. The lowest BCUT2D eigenvalue weighted by Gasteiger charge is -2.22. The van der Waals surface area contributed by atoms with Crippen molar-refractivity contribution in [3.8, 4) is 0 Å². The molecule has 26 heavy (non-hydrogen) atoms. The topological polar surface area (TPSA) is 76.1 Å². The van der Waals surface area contributed by atoms with Crippen molar-refractivity contribution >= 4 is 46.1 Å². The molecule has 2 aliphatic rings. The fourth-order valence-corrected chi connectivity index (χ4v) is 4.68. The third kappa shape index (κ3) is 4.80. The highest BCUT2D eigenvalue weighted by Crippen LogP contribution is 2.42. The largest absolute Gasteiger partial charge is 0.381 e. The van der Waals surface area contributed by atoms with E-state index in [9.17, 15) is 4.79 Å². The van der Waals surface area contributed by atoms with Gasteiger partial charge in [-0.3, -0.25) is 10.1 Å². The molecule has 1 amide bonds. The van der Waals surface area contributed by atoms with E-state index in [0.717, 1.165) is 54.8 Å². The summed E-state index contributed by atoms with van der Waals surface area (Å²) in [4.78, 5) is 13.0. The average Bonchev–Trinajstić information content (AvgIpc) is 3.02. The molecule has 0 radical (unpaired) electrons. The number of rotatable bonds is 6. The Morgan fingerprint density at radius 2 is 2.15 bits per heavy atom. The van der Waals surface area contributed by atoms with Crippen molar-refractivity contribution < 1.29 is 9.53 Å². The number of hydrogen-bond acceptors (Lipinski definition) is 7. The third-order valence-corrected chi connectivity index (χ3v) is 6.52. The van der Waals surface area contributed by atoms with Gasteiger partial charge in [0.15, 0.2) is 0 Å². The number of aryl methyl sites for hydroxylation is 1. The molecule has 9 heteroatoms. The first kappa shape index (κ1) is 19.7. The van der Waals surface area contributed by atoms with Gasteiger partial charge in [-0.2, -0.15) is 0 Å². The zero-order valence-corrected chi connectivity index (χ0v) is 17.0. The molecule has 2 fully saturated rings. The van der Waals surface area contributed by atoms with Gasteiger partial charge in [-0.05, 0) is 55.7 Å². The molecule has 0 spiro atoms. The second-order valence-corrected chi connectivity index (χ2v) is 8.83. The normalized spacial score (nSPS) is 22.7. The van der Waals surface area contributed by atoms with E-state index in [1.807, 2.05) is 13.0 Å². The van der Waals surface area contributed by atoms with Crippen molar-refractivity contribution in [1.29, 1.82) is 0 Å². The second-order valence-electron chi connectivity index (χ2n) is 6.74. The van der Waals surface area contributed by atoms with E-state index in [2.05, 4.69) is 26.2 Å². The SMILES string of the molecule is Cc1nnc(NC(=O)c2cc([C@@H]3C[C@H]3NCC3CCOCC3)cs2)s1.Cl. The van der Waals surface area contributed by atoms with Gasteiger partial charge in [-0.15, -0.1) is 33.9 Å². The highest BCUT2D eigenvalue weighted by Gasteiger charge is 2.39. The van der Waals surface area contributed by atoms with Crippen LogP contribution in [0.3, 0.4) is 0 Å². The van der Waals surface area contributed by atoms with Gasteiger partial charge >= 0.3 is 0 Å². The Bertz CT molecular complexity index is 745. The molecule has 0 unspecified atom stereocenters. The summed E-state index contributed by atoms with van der Waals surface area (Å²) in [5, 5.41) is 17.9. The Hall–Kier alpha value is -1.06. The smallest absolute Gasteiger partial charge is 0.267 e. The van der Waals surface area contributed by atoms with Gasteiger partial charge in [-0.1, -0.05) is 11.3 Å². The Morgan fingerprint density at radius 1 is 1.35 bits per heavy atom. The van der Waals surface area contributed by atoms with Gasteiger partial charge in [0.2, 0.25) is 5.13 Å². The first-order valence-corrected chi connectivity index (χ1v) is 10.4. The van der Waals surface area contributed by atoms with E-state index in [0.29, 0.717) is 17.1 Å². The predicted molar refractivity (Wildman–Crippen MR) is 107 cm³/mol. The summed E-state index contributed by atoms with van der Waals surface area (Å²) in [6, 6.07) is 2.58. The highest BCUT2D eigenvalue weighted by atomic mass is 35.5. The van der Waals surface area contributed by atoms with Crippen LogP contribution in [0.1, 0.15) is 45.4 Å². The van der Waals surface area contributed by atoms with Crippen molar-refractivity contribution in [3.05, 3.63) is 26.9 Å². The Kier molecular flexibility index (Phi) is 6.63. The van der Waals surface area contributed by atoms with Crippen molar-refractivity contribution in [1.82, 2.24) is 15.5 Å². The van der Waals surface area contributed by atoms with Crippen LogP contribution in [-0.4, -0.2) is 41.9 Å². The van der Waals surface area contributed by atoms with E-state index in [-0.39, 0.29) is 18.3 Å². The van der Waals surface area contributed by atoms with E-state index in [4.69, 9.17) is 4.74 Å². The van der Waals surface area contributed by atoms with Crippen molar-refractivity contribution in [3.63, 3.8) is 0 Å². The first-order valence-electron chi connectivity index (χ1n) is 8.70. The van der Waals surface area contributed by atoms with Gasteiger partial charge in [0.05, 0.1) is 4.88 Å². The zero-order valence-electron chi connectivity index (χ0n) is 14.6. The molecule has 6 nitrogen and oxygen atoms in total. The van der Waals surface area contributed by atoms with E-state index < -0.39 is 0 Å². The molecule has 2 aromatic heterocycles. The maximum Gasteiger partial charge on any atom is 0.267 e. The second kappa shape index (κ2) is 8.75. The van der Waals surface area contributed by atoms with E-state index in [1.54, 1.807) is 0 Å². The molecule has 2 aromatic rings. The van der Waals surface area contributed by atoms with Crippen LogP contribution in [0.15, 0.2) is 11.4 Å². The minimum atomic E-state index is -0.0974. The van der Waals surface area contributed by atoms with Crippen LogP contribution in [0.25, 0.3) is 0 Å². The molecular weight excluding hydrogens is 392 g/mol. The minimum absolute atomic E-state index is 0. The number of nitrogens with one attached hydrogen (secondary N) is 2. The van der Waals surface area contributed by atoms with Crippen LogP contribution in [0.2, 0.25) is 0 Å². The van der Waals surface area contributed by atoms with E-state index in [1.165, 1.54) is 28.2 Å². The average molecular weight is 415 g/mol. The predicted octanol–water partition coefficient (Wildman–Crippen LogP) is 3.45. The maximum absolute atomic E-state index is 12.3. The van der Waals surface area contributed by atoms with Crippen LogP contribution in [0, 0.1) is 12.8 Å². The third-order valence-electron chi connectivity index (χ3n) is 4.82. The number of carbonyl (C=O) groups is 1. The number of carbonyl (C=O) groups excluding carboxylic acids is 1. The minimum Gasteiger partial charge on any atom is -0.381 e. The standard InChI is InChI=1S/C17H22N4O2S2.ClH/c1-10-20-21-17(25-10)19-16(22)15-6-12(9-24-15)13-7-14(13)18-8-11-2-4-23-5-3-11;/h6,9,11,13-14,18H,2-5,7-8H2,1H3,(H,19,21,22);1H/t13-,14+;/m0./s1. The molecule has 0 bridgehead atoms. The zero-order chi connectivity index (χ0) is 17.2. The summed E-state index contributed by atoms with van der Waals surface area (Å²) in [5.41, 5.74) is 1.27. The summed E-state index contributed by atoms with van der Waals surface area (Å²) < 4.78 is 5.41. The summed E-state index contributed by atoms with van der Waals surface area (Å²) in [6.45, 7) is 4.75. The number of nitrogens with zero attached hydrogens (tertiary/aromatic N) is 2. The Morgan fingerprint density at radius 3 is 2.88 bits per heavy atom. The summed E-state index contributed by atoms with van der Waals surface area (Å²) >= 11 is 2.89. The van der Waals surface area contributed by atoms with E-state index >= 15 is 0 Å².